The maximum atomic E-state index is 11.8. The number of methoxy groups -OCH3 is 1. The van der Waals surface area contributed by atoms with E-state index in [1.54, 1.807) is 0 Å². The van der Waals surface area contributed by atoms with Crippen LogP contribution in [0.3, 0.4) is 0 Å². The summed E-state index contributed by atoms with van der Waals surface area (Å²) in [6.45, 7) is -0.919. The number of hydrogen-bond acceptors (Lipinski definition) is 4. The Morgan fingerprint density at radius 3 is 2.60 bits per heavy atom. The zero-order valence-corrected chi connectivity index (χ0v) is 8.54. The normalized spacial score (nSPS) is 20.1. The van der Waals surface area contributed by atoms with Gasteiger partial charge in [-0.1, -0.05) is 0 Å². The van der Waals surface area contributed by atoms with Gasteiger partial charge in [0.2, 0.25) is 0 Å². The summed E-state index contributed by atoms with van der Waals surface area (Å²) in [6.07, 6.45) is -0.932. The molecular formula is C9H15F2NO3. The number of carbonyl (C=O) groups is 1. The lowest BCUT2D eigenvalue weighted by atomic mass is 9.96. The standard InChI is InChI=1S/C9H15F2NO3/c1-14-8(13)9(12,6-2-3-6)5-15-4-7(10)11/h6-7H,2-5,12H2,1H3. The van der Waals surface area contributed by atoms with Crippen LogP contribution < -0.4 is 5.73 Å². The predicted octanol–water partition coefficient (Wildman–Crippen LogP) is 0.549. The van der Waals surface area contributed by atoms with Crippen molar-refractivity contribution in [1.29, 1.82) is 0 Å². The van der Waals surface area contributed by atoms with Crippen molar-refractivity contribution in [3.05, 3.63) is 0 Å². The average Bonchev–Trinajstić information content (AvgIpc) is 2.98. The third-order valence-electron chi connectivity index (χ3n) is 2.46. The monoisotopic (exact) mass is 223 g/mol. The Balaban J connectivity index is 2.46. The Labute approximate surface area is 86.7 Å². The molecular weight excluding hydrogens is 208 g/mol. The van der Waals surface area contributed by atoms with Gasteiger partial charge >= 0.3 is 5.97 Å². The molecule has 1 unspecified atom stereocenters. The Bertz CT molecular complexity index is 233. The average molecular weight is 223 g/mol. The molecule has 0 aliphatic heterocycles. The first-order chi connectivity index (χ1) is 7.00. The van der Waals surface area contributed by atoms with Crippen LogP contribution in [0.1, 0.15) is 12.8 Å². The van der Waals surface area contributed by atoms with Crippen molar-refractivity contribution in [3.8, 4) is 0 Å². The van der Waals surface area contributed by atoms with Gasteiger partial charge in [0.05, 0.1) is 13.7 Å². The zero-order chi connectivity index (χ0) is 11.5. The van der Waals surface area contributed by atoms with E-state index in [4.69, 9.17) is 10.5 Å². The first-order valence-electron chi connectivity index (χ1n) is 4.74. The van der Waals surface area contributed by atoms with Crippen LogP contribution in [0.2, 0.25) is 0 Å². The molecule has 1 saturated carbocycles. The molecule has 6 heteroatoms. The van der Waals surface area contributed by atoms with Gasteiger partial charge in [-0.05, 0) is 18.8 Å². The van der Waals surface area contributed by atoms with E-state index in [2.05, 4.69) is 4.74 Å². The topological polar surface area (TPSA) is 61.5 Å². The molecule has 15 heavy (non-hydrogen) atoms. The Kier molecular flexibility index (Phi) is 3.98. The molecule has 88 valence electrons. The van der Waals surface area contributed by atoms with Crippen LogP contribution in [0, 0.1) is 5.92 Å². The summed E-state index contributed by atoms with van der Waals surface area (Å²) in [5, 5.41) is 0. The van der Waals surface area contributed by atoms with E-state index in [-0.39, 0.29) is 12.5 Å². The quantitative estimate of drug-likeness (QED) is 0.668. The smallest absolute Gasteiger partial charge is 0.328 e. The van der Waals surface area contributed by atoms with Crippen LogP contribution in [0.15, 0.2) is 0 Å². The van der Waals surface area contributed by atoms with Crippen molar-refractivity contribution in [3.63, 3.8) is 0 Å². The van der Waals surface area contributed by atoms with E-state index in [1.807, 2.05) is 0 Å². The van der Waals surface area contributed by atoms with Crippen LogP contribution >= 0.6 is 0 Å². The van der Waals surface area contributed by atoms with Crippen molar-refractivity contribution in [2.45, 2.75) is 24.8 Å². The van der Waals surface area contributed by atoms with Crippen LogP contribution in [0.5, 0.6) is 0 Å². The molecule has 0 aromatic carbocycles. The summed E-state index contributed by atoms with van der Waals surface area (Å²) < 4.78 is 32.9. The SMILES string of the molecule is COC(=O)C(N)(COCC(F)F)C1CC1. The number of esters is 1. The van der Waals surface area contributed by atoms with Gasteiger partial charge in [0.25, 0.3) is 6.43 Å². The molecule has 0 amide bonds. The Morgan fingerprint density at radius 1 is 1.60 bits per heavy atom. The second kappa shape index (κ2) is 4.85. The highest BCUT2D eigenvalue weighted by Crippen LogP contribution is 2.39. The number of ether oxygens (including phenoxy) is 2. The van der Waals surface area contributed by atoms with Crippen molar-refractivity contribution >= 4 is 5.97 Å². The highest BCUT2D eigenvalue weighted by atomic mass is 19.3. The lowest BCUT2D eigenvalue weighted by molar-refractivity contribution is -0.151. The highest BCUT2D eigenvalue weighted by molar-refractivity contribution is 5.81. The second-order valence-corrected chi connectivity index (χ2v) is 3.71. The molecule has 0 aromatic heterocycles. The highest BCUT2D eigenvalue weighted by Gasteiger charge is 2.49. The number of nitrogens with two attached hydrogens (primary N) is 1. The van der Waals surface area contributed by atoms with Crippen molar-refractivity contribution in [2.75, 3.05) is 20.3 Å². The molecule has 1 atom stereocenters. The first kappa shape index (κ1) is 12.3. The molecule has 1 fully saturated rings. The minimum Gasteiger partial charge on any atom is -0.468 e. The maximum Gasteiger partial charge on any atom is 0.328 e. The molecule has 4 nitrogen and oxygen atoms in total. The molecule has 0 saturated heterocycles. The van der Waals surface area contributed by atoms with Gasteiger partial charge in [-0.25, -0.2) is 13.6 Å². The van der Waals surface area contributed by atoms with Crippen LogP contribution in [0.25, 0.3) is 0 Å². The zero-order valence-electron chi connectivity index (χ0n) is 8.54. The fraction of sp³-hybridized carbons (Fsp3) is 0.889. The van der Waals surface area contributed by atoms with Gasteiger partial charge in [-0.3, -0.25) is 0 Å². The number of rotatable bonds is 6. The molecule has 1 rings (SSSR count). The number of alkyl halides is 2. The fourth-order valence-electron chi connectivity index (χ4n) is 1.45. The molecule has 1 aliphatic carbocycles. The fourth-order valence-corrected chi connectivity index (χ4v) is 1.45. The lowest BCUT2D eigenvalue weighted by Crippen LogP contribution is -2.54. The van der Waals surface area contributed by atoms with Crippen molar-refractivity contribution in [1.82, 2.24) is 0 Å². The molecule has 0 radical (unpaired) electrons. The third-order valence-corrected chi connectivity index (χ3v) is 2.46. The lowest BCUT2D eigenvalue weighted by Gasteiger charge is -2.25. The van der Waals surface area contributed by atoms with Crippen LogP contribution in [0.4, 0.5) is 8.78 Å². The largest absolute Gasteiger partial charge is 0.468 e. The number of hydrogen-bond donors (Lipinski definition) is 1. The minimum absolute atomic E-state index is 0.0115. The molecule has 0 spiro atoms. The van der Waals surface area contributed by atoms with E-state index >= 15 is 0 Å². The number of halogens is 2. The van der Waals surface area contributed by atoms with Crippen molar-refractivity contribution in [2.24, 2.45) is 11.7 Å². The molecule has 0 heterocycles. The van der Waals surface area contributed by atoms with Crippen LogP contribution in [-0.2, 0) is 14.3 Å². The van der Waals surface area contributed by atoms with E-state index in [0.29, 0.717) is 0 Å². The summed E-state index contributed by atoms with van der Waals surface area (Å²) >= 11 is 0. The van der Waals surface area contributed by atoms with Gasteiger partial charge in [0.15, 0.2) is 0 Å². The second-order valence-electron chi connectivity index (χ2n) is 3.71. The Morgan fingerprint density at radius 2 is 2.20 bits per heavy atom. The van der Waals surface area contributed by atoms with E-state index in [9.17, 15) is 13.6 Å². The van der Waals surface area contributed by atoms with Gasteiger partial charge in [-0.2, -0.15) is 0 Å². The van der Waals surface area contributed by atoms with E-state index in [0.717, 1.165) is 12.8 Å². The summed E-state index contributed by atoms with van der Waals surface area (Å²) in [5.41, 5.74) is 4.54. The van der Waals surface area contributed by atoms with Gasteiger partial charge in [0.1, 0.15) is 12.1 Å². The number of carbonyl (C=O) groups excluding carboxylic acids is 1. The molecule has 0 aromatic rings. The summed E-state index contributed by atoms with van der Waals surface area (Å²) in [5.74, 6) is -0.609. The third kappa shape index (κ3) is 3.10. The van der Waals surface area contributed by atoms with Gasteiger partial charge < -0.3 is 15.2 Å². The molecule has 1 aliphatic rings. The Hall–Kier alpha value is -0.750. The van der Waals surface area contributed by atoms with E-state index in [1.165, 1.54) is 7.11 Å². The van der Waals surface area contributed by atoms with Crippen LogP contribution in [-0.4, -0.2) is 38.3 Å². The molecule has 2 N–H and O–H groups in total. The summed E-state index contributed by atoms with van der Waals surface area (Å²) in [7, 11) is 1.22. The first-order valence-corrected chi connectivity index (χ1v) is 4.74. The predicted molar refractivity (Wildman–Crippen MR) is 48.5 cm³/mol. The van der Waals surface area contributed by atoms with E-state index < -0.39 is 24.5 Å². The van der Waals surface area contributed by atoms with Crippen molar-refractivity contribution < 1.29 is 23.0 Å². The summed E-state index contributed by atoms with van der Waals surface area (Å²) in [6, 6.07) is 0. The molecule has 0 bridgehead atoms. The van der Waals surface area contributed by atoms with Gasteiger partial charge in [0, 0.05) is 0 Å². The maximum absolute atomic E-state index is 11.8. The summed E-state index contributed by atoms with van der Waals surface area (Å²) in [4.78, 5) is 11.4. The van der Waals surface area contributed by atoms with Gasteiger partial charge in [-0.15, -0.1) is 0 Å². The minimum atomic E-state index is -2.55.